The molecule has 19 heavy (non-hydrogen) atoms. The smallest absolute Gasteiger partial charge is 0.190 e. The van der Waals surface area contributed by atoms with E-state index in [0.29, 0.717) is 16.7 Å². The van der Waals surface area contributed by atoms with Crippen molar-refractivity contribution >= 4 is 21.9 Å². The lowest BCUT2D eigenvalue weighted by atomic mass is 10.1. The van der Waals surface area contributed by atoms with Gasteiger partial charge in [0.2, 0.25) is 0 Å². The molecule has 0 N–H and O–H groups in total. The number of fused-ring (bicyclic) bond motifs is 4. The Labute approximate surface area is 108 Å². The Bertz CT molecular complexity index is 940. The highest BCUT2D eigenvalue weighted by molar-refractivity contribution is 5.96. The Morgan fingerprint density at radius 3 is 2.53 bits per heavy atom. The molecule has 0 amide bonds. The van der Waals surface area contributed by atoms with E-state index in [4.69, 9.17) is 4.42 Å². The molecule has 1 heterocycles. The fourth-order valence-electron chi connectivity index (χ4n) is 2.37. The SMILES string of the molecule is O=c1cc2oc3ccccc3nc-2c2ccccc12. The van der Waals surface area contributed by atoms with Gasteiger partial charge in [0.05, 0.1) is 0 Å². The summed E-state index contributed by atoms with van der Waals surface area (Å²) >= 11 is 0. The van der Waals surface area contributed by atoms with Gasteiger partial charge in [0.1, 0.15) is 11.2 Å². The van der Waals surface area contributed by atoms with E-state index >= 15 is 0 Å². The van der Waals surface area contributed by atoms with Gasteiger partial charge in [-0.05, 0) is 12.1 Å². The number of hydrogen-bond acceptors (Lipinski definition) is 3. The molecule has 3 heteroatoms. The molecule has 3 nitrogen and oxygen atoms in total. The van der Waals surface area contributed by atoms with Gasteiger partial charge in [-0.3, -0.25) is 4.79 Å². The van der Waals surface area contributed by atoms with Gasteiger partial charge >= 0.3 is 0 Å². The van der Waals surface area contributed by atoms with Crippen LogP contribution in [0, 0.1) is 0 Å². The van der Waals surface area contributed by atoms with Crippen LogP contribution in [-0.4, -0.2) is 4.98 Å². The second-order valence-corrected chi connectivity index (χ2v) is 4.45. The van der Waals surface area contributed by atoms with Crippen molar-refractivity contribution in [3.05, 3.63) is 64.8 Å². The minimum atomic E-state index is -0.0380. The second kappa shape index (κ2) is 3.65. The summed E-state index contributed by atoms with van der Waals surface area (Å²) in [4.78, 5) is 16.7. The van der Waals surface area contributed by atoms with E-state index in [1.54, 1.807) is 0 Å². The lowest BCUT2D eigenvalue weighted by Crippen LogP contribution is -2.03. The summed E-state index contributed by atoms with van der Waals surface area (Å²) in [5, 5.41) is 1.51. The van der Waals surface area contributed by atoms with Gasteiger partial charge in [0, 0.05) is 16.8 Å². The highest BCUT2D eigenvalue weighted by Gasteiger charge is 2.14. The third kappa shape index (κ3) is 1.45. The van der Waals surface area contributed by atoms with Crippen LogP contribution in [0.25, 0.3) is 33.3 Å². The minimum absolute atomic E-state index is 0.0380. The first-order valence-corrected chi connectivity index (χ1v) is 6.04. The molecule has 2 aromatic carbocycles. The van der Waals surface area contributed by atoms with Crippen molar-refractivity contribution < 1.29 is 4.42 Å². The van der Waals surface area contributed by atoms with Crippen LogP contribution in [0.4, 0.5) is 0 Å². The molecule has 0 bridgehead atoms. The summed E-state index contributed by atoms with van der Waals surface area (Å²) in [7, 11) is 0. The van der Waals surface area contributed by atoms with Gasteiger partial charge in [-0.2, -0.15) is 0 Å². The summed E-state index contributed by atoms with van der Waals surface area (Å²) in [6.07, 6.45) is 0. The van der Waals surface area contributed by atoms with E-state index in [9.17, 15) is 4.79 Å². The summed E-state index contributed by atoms with van der Waals surface area (Å²) in [5.41, 5.74) is 2.17. The molecule has 0 saturated heterocycles. The maximum Gasteiger partial charge on any atom is 0.190 e. The van der Waals surface area contributed by atoms with Crippen LogP contribution in [0.2, 0.25) is 0 Å². The Kier molecular flexibility index (Phi) is 1.97. The number of hydrogen-bond donors (Lipinski definition) is 0. The first kappa shape index (κ1) is 10.3. The molecule has 2 aromatic rings. The second-order valence-electron chi connectivity index (χ2n) is 4.45. The molecule has 1 aliphatic heterocycles. The van der Waals surface area contributed by atoms with Gasteiger partial charge in [-0.25, -0.2) is 4.98 Å². The number of nitrogens with zero attached hydrogens (tertiary/aromatic N) is 1. The van der Waals surface area contributed by atoms with Crippen LogP contribution in [0.15, 0.2) is 63.8 Å². The molecular weight excluding hydrogens is 238 g/mol. The Morgan fingerprint density at radius 2 is 1.63 bits per heavy atom. The van der Waals surface area contributed by atoms with E-state index in [-0.39, 0.29) is 5.43 Å². The van der Waals surface area contributed by atoms with Gasteiger partial charge in [-0.15, -0.1) is 0 Å². The molecule has 0 saturated carbocycles. The van der Waals surface area contributed by atoms with E-state index in [2.05, 4.69) is 4.98 Å². The monoisotopic (exact) mass is 247 g/mol. The average molecular weight is 247 g/mol. The number of rotatable bonds is 0. The zero-order valence-corrected chi connectivity index (χ0v) is 9.96. The highest BCUT2D eigenvalue weighted by Crippen LogP contribution is 2.29. The van der Waals surface area contributed by atoms with E-state index in [0.717, 1.165) is 16.6 Å². The van der Waals surface area contributed by atoms with E-state index < -0.39 is 0 Å². The molecule has 0 atom stereocenters. The maximum absolute atomic E-state index is 12.0. The third-order valence-electron chi connectivity index (χ3n) is 3.26. The molecule has 0 fully saturated rings. The maximum atomic E-state index is 12.0. The summed E-state index contributed by atoms with van der Waals surface area (Å²) in [6, 6.07) is 16.5. The first-order valence-electron chi connectivity index (χ1n) is 6.04. The van der Waals surface area contributed by atoms with Gasteiger partial charge in [-0.1, -0.05) is 36.4 Å². The molecule has 0 unspecified atom stereocenters. The molecule has 0 radical (unpaired) electrons. The van der Waals surface area contributed by atoms with Crippen molar-refractivity contribution in [2.75, 3.05) is 0 Å². The highest BCUT2D eigenvalue weighted by atomic mass is 16.3. The van der Waals surface area contributed by atoms with Crippen molar-refractivity contribution in [3.8, 4) is 11.5 Å². The molecule has 4 rings (SSSR count). The van der Waals surface area contributed by atoms with Crippen molar-refractivity contribution in [1.82, 2.24) is 4.98 Å². The van der Waals surface area contributed by atoms with Crippen LogP contribution in [-0.2, 0) is 0 Å². The molecule has 90 valence electrons. The van der Waals surface area contributed by atoms with E-state index in [1.165, 1.54) is 6.07 Å². The summed E-state index contributed by atoms with van der Waals surface area (Å²) in [5.74, 6) is 0.530. The summed E-state index contributed by atoms with van der Waals surface area (Å²) in [6.45, 7) is 0. The Morgan fingerprint density at radius 1 is 0.895 bits per heavy atom. The average Bonchev–Trinajstić information content (AvgIpc) is 2.46. The summed E-state index contributed by atoms with van der Waals surface area (Å²) < 4.78 is 5.77. The molecule has 1 aliphatic carbocycles. The van der Waals surface area contributed by atoms with Gasteiger partial charge in [0.25, 0.3) is 0 Å². The molecule has 0 spiro atoms. The van der Waals surface area contributed by atoms with Crippen molar-refractivity contribution in [2.45, 2.75) is 0 Å². The molecular formula is C16H9NO2. The van der Waals surface area contributed by atoms with Crippen molar-refractivity contribution in [3.63, 3.8) is 0 Å². The zero-order valence-electron chi connectivity index (χ0n) is 9.96. The van der Waals surface area contributed by atoms with Crippen molar-refractivity contribution in [1.29, 1.82) is 0 Å². The Hall–Kier alpha value is -2.68. The normalized spacial score (nSPS) is 11.4. The first-order chi connectivity index (χ1) is 9.33. The van der Waals surface area contributed by atoms with Gasteiger partial charge in [0.15, 0.2) is 16.8 Å². The third-order valence-corrected chi connectivity index (χ3v) is 3.26. The van der Waals surface area contributed by atoms with Crippen molar-refractivity contribution in [2.24, 2.45) is 0 Å². The van der Waals surface area contributed by atoms with Crippen LogP contribution in [0.3, 0.4) is 0 Å². The fraction of sp³-hybridized carbons (Fsp3) is 0. The quantitative estimate of drug-likeness (QED) is 0.353. The van der Waals surface area contributed by atoms with E-state index in [1.807, 2.05) is 48.5 Å². The van der Waals surface area contributed by atoms with Gasteiger partial charge < -0.3 is 4.42 Å². The van der Waals surface area contributed by atoms with Crippen LogP contribution < -0.4 is 5.43 Å². The fourth-order valence-corrected chi connectivity index (χ4v) is 2.37. The minimum Gasteiger partial charge on any atom is -0.453 e. The number of para-hydroxylation sites is 2. The lowest BCUT2D eigenvalue weighted by Gasteiger charge is -2.08. The Balaban J connectivity index is 2.30. The van der Waals surface area contributed by atoms with Crippen LogP contribution in [0.1, 0.15) is 0 Å². The predicted octanol–water partition coefficient (Wildman–Crippen LogP) is 3.45. The lowest BCUT2D eigenvalue weighted by molar-refractivity contribution is 0.614. The predicted molar refractivity (Wildman–Crippen MR) is 74.4 cm³/mol. The largest absolute Gasteiger partial charge is 0.453 e. The number of benzene rings is 3. The van der Waals surface area contributed by atoms with Crippen LogP contribution in [0.5, 0.6) is 0 Å². The molecule has 0 aromatic heterocycles. The van der Waals surface area contributed by atoms with Crippen LogP contribution >= 0.6 is 0 Å². The zero-order chi connectivity index (χ0) is 12.8. The molecule has 2 aliphatic rings. The number of aromatic nitrogens is 1. The topological polar surface area (TPSA) is 43.1 Å². The standard InChI is InChI=1S/C16H9NO2/c18-13-9-15-16(11-6-2-1-5-10(11)13)17-12-7-3-4-8-14(12)19-15/h1-9H.